The number of rotatable bonds is 6. The van der Waals surface area contributed by atoms with Gasteiger partial charge in [0.15, 0.2) is 0 Å². The Morgan fingerprint density at radius 3 is 2.33 bits per heavy atom. The maximum absolute atomic E-state index is 12.6. The minimum atomic E-state index is -4.69. The highest BCUT2D eigenvalue weighted by Crippen LogP contribution is 2.16. The number of nitrogens with one attached hydrogen (secondary N) is 1. The van der Waals surface area contributed by atoms with Gasteiger partial charge in [0, 0.05) is 18.0 Å². The Kier molecular flexibility index (Phi) is 5.55. The molecule has 0 aliphatic carbocycles. The average Bonchev–Trinajstić information content (AvgIpc) is 2.29. The first kappa shape index (κ1) is 14.9. The van der Waals surface area contributed by atoms with E-state index in [1.54, 1.807) is 0 Å². The molecule has 0 atom stereocenters. The normalized spacial score (nSPS) is 11.2. The number of benzene rings is 1. The quantitative estimate of drug-likeness (QED) is 0.498. The van der Waals surface area contributed by atoms with E-state index in [2.05, 4.69) is 5.32 Å². The molecule has 18 heavy (non-hydrogen) atoms. The predicted molar refractivity (Wildman–Crippen MR) is 67.9 cm³/mol. The third-order valence-electron chi connectivity index (χ3n) is 2.21. The largest absolute Gasteiger partial charge is 0.332 e. The Labute approximate surface area is 110 Å². The minimum Gasteiger partial charge on any atom is -0.326 e. The van der Waals surface area contributed by atoms with Crippen LogP contribution in [0.5, 0.6) is 0 Å². The molecule has 0 bridgehead atoms. The molecule has 1 rings (SSSR count). The number of alkyl halides is 1. The zero-order chi connectivity index (χ0) is 13.6. The molecular weight excluding hydrogens is 281 g/mol. The Balaban J connectivity index is 2.56. The summed E-state index contributed by atoms with van der Waals surface area (Å²) in [5, 5.41) is 2.58. The molecule has 0 aliphatic heterocycles. The van der Waals surface area contributed by atoms with Gasteiger partial charge in [0.2, 0.25) is 5.91 Å². The summed E-state index contributed by atoms with van der Waals surface area (Å²) in [4.78, 5) is 11.0. The first-order valence-corrected chi connectivity index (χ1v) is 7.26. The van der Waals surface area contributed by atoms with Gasteiger partial charge in [0.25, 0.3) is 0 Å². The van der Waals surface area contributed by atoms with E-state index in [1.807, 2.05) is 0 Å². The summed E-state index contributed by atoms with van der Waals surface area (Å²) in [6, 6.07) is 4.88. The topological polar surface area (TPSA) is 63.2 Å². The molecule has 0 radical (unpaired) electrons. The zero-order valence-electron chi connectivity index (χ0n) is 9.53. The number of anilines is 1. The van der Waals surface area contributed by atoms with Crippen LogP contribution >= 0.6 is 11.6 Å². The standard InChI is InChI=1S/C11H13ClFNO3S/c12-8-2-1-3-11(15)14-9-4-6-10(7-5-9)18(13,16)17/h4-7H,1-3,8H2,(H,14,15). The molecule has 0 fully saturated rings. The van der Waals surface area contributed by atoms with E-state index >= 15 is 0 Å². The molecule has 7 heteroatoms. The van der Waals surface area contributed by atoms with Crippen molar-refractivity contribution in [2.24, 2.45) is 0 Å². The number of unbranched alkanes of at least 4 members (excludes halogenated alkanes) is 1. The smallest absolute Gasteiger partial charge is 0.326 e. The van der Waals surface area contributed by atoms with Crippen molar-refractivity contribution in [2.45, 2.75) is 24.2 Å². The third kappa shape index (κ3) is 5.01. The third-order valence-corrected chi connectivity index (χ3v) is 3.31. The van der Waals surface area contributed by atoms with Crippen LogP contribution < -0.4 is 5.32 Å². The predicted octanol–water partition coefficient (Wildman–Crippen LogP) is 2.69. The maximum Gasteiger partial charge on any atom is 0.332 e. The van der Waals surface area contributed by atoms with Crippen LogP contribution in [-0.2, 0) is 15.0 Å². The second kappa shape index (κ2) is 6.70. The van der Waals surface area contributed by atoms with E-state index in [4.69, 9.17) is 11.6 Å². The van der Waals surface area contributed by atoms with Crippen molar-refractivity contribution in [2.75, 3.05) is 11.2 Å². The lowest BCUT2D eigenvalue weighted by Gasteiger charge is -2.05. The van der Waals surface area contributed by atoms with Crippen molar-refractivity contribution in [3.05, 3.63) is 24.3 Å². The van der Waals surface area contributed by atoms with Gasteiger partial charge in [-0.05, 0) is 37.1 Å². The van der Waals surface area contributed by atoms with Gasteiger partial charge in [-0.15, -0.1) is 15.5 Å². The molecule has 4 nitrogen and oxygen atoms in total. The molecule has 1 aromatic rings. The van der Waals surface area contributed by atoms with E-state index in [0.717, 1.165) is 18.6 Å². The van der Waals surface area contributed by atoms with Crippen LogP contribution in [0, 0.1) is 0 Å². The van der Waals surface area contributed by atoms with Gasteiger partial charge in [-0.25, -0.2) is 0 Å². The second-order valence-corrected chi connectivity index (χ2v) is 5.38. The van der Waals surface area contributed by atoms with Crippen LogP contribution in [0.3, 0.4) is 0 Å². The van der Waals surface area contributed by atoms with Crippen LogP contribution in [0.1, 0.15) is 19.3 Å². The van der Waals surface area contributed by atoms with Crippen molar-refractivity contribution >= 4 is 33.4 Å². The van der Waals surface area contributed by atoms with Crippen LogP contribution in [0.4, 0.5) is 9.57 Å². The Bertz CT molecular complexity index is 502. The molecule has 0 saturated carbocycles. The van der Waals surface area contributed by atoms with Gasteiger partial charge >= 0.3 is 10.2 Å². The first-order chi connectivity index (χ1) is 8.43. The summed E-state index contributed by atoms with van der Waals surface area (Å²) in [6.07, 6.45) is 1.79. The lowest BCUT2D eigenvalue weighted by molar-refractivity contribution is -0.116. The summed E-state index contributed by atoms with van der Waals surface area (Å²) in [6.45, 7) is 0. The van der Waals surface area contributed by atoms with E-state index in [-0.39, 0.29) is 5.91 Å². The van der Waals surface area contributed by atoms with Crippen molar-refractivity contribution in [1.29, 1.82) is 0 Å². The molecule has 0 aliphatic rings. The molecule has 1 N–H and O–H groups in total. The Morgan fingerprint density at radius 2 is 1.83 bits per heavy atom. The number of carbonyl (C=O) groups excluding carboxylic acids is 1. The summed E-state index contributed by atoms with van der Waals surface area (Å²) in [7, 11) is -4.69. The van der Waals surface area contributed by atoms with Gasteiger partial charge in [0.05, 0.1) is 4.90 Å². The second-order valence-electron chi connectivity index (χ2n) is 3.66. The summed E-state index contributed by atoms with van der Waals surface area (Å²) >= 11 is 5.48. The van der Waals surface area contributed by atoms with E-state index in [1.165, 1.54) is 12.1 Å². The fourth-order valence-corrected chi connectivity index (χ4v) is 1.95. The van der Waals surface area contributed by atoms with Gasteiger partial charge in [-0.1, -0.05) is 0 Å². The van der Waals surface area contributed by atoms with Crippen molar-refractivity contribution in [1.82, 2.24) is 0 Å². The summed E-state index contributed by atoms with van der Waals surface area (Å²) in [5.74, 6) is 0.326. The lowest BCUT2D eigenvalue weighted by atomic mass is 10.2. The maximum atomic E-state index is 12.6. The molecular formula is C11H13ClFNO3S. The van der Waals surface area contributed by atoms with Crippen LogP contribution in [-0.4, -0.2) is 20.2 Å². The number of halogens is 2. The van der Waals surface area contributed by atoms with Crippen molar-refractivity contribution < 1.29 is 17.1 Å². The fraction of sp³-hybridized carbons (Fsp3) is 0.364. The number of carbonyl (C=O) groups is 1. The minimum absolute atomic E-state index is 0.184. The molecule has 1 aromatic carbocycles. The fourth-order valence-electron chi connectivity index (χ4n) is 1.30. The first-order valence-electron chi connectivity index (χ1n) is 5.34. The van der Waals surface area contributed by atoms with Crippen LogP contribution in [0.2, 0.25) is 0 Å². The lowest BCUT2D eigenvalue weighted by Crippen LogP contribution is -2.11. The molecule has 0 heterocycles. The van der Waals surface area contributed by atoms with Crippen LogP contribution in [0.25, 0.3) is 0 Å². The van der Waals surface area contributed by atoms with Crippen molar-refractivity contribution in [3.8, 4) is 0 Å². The highest BCUT2D eigenvalue weighted by atomic mass is 35.5. The van der Waals surface area contributed by atoms with Crippen molar-refractivity contribution in [3.63, 3.8) is 0 Å². The zero-order valence-corrected chi connectivity index (χ0v) is 11.1. The average molecular weight is 294 g/mol. The number of amides is 1. The molecule has 0 unspecified atom stereocenters. The van der Waals surface area contributed by atoms with E-state index in [0.29, 0.717) is 24.4 Å². The van der Waals surface area contributed by atoms with E-state index in [9.17, 15) is 17.1 Å². The van der Waals surface area contributed by atoms with Gasteiger partial charge in [-0.2, -0.15) is 8.42 Å². The number of hydrogen-bond acceptors (Lipinski definition) is 3. The summed E-state index contributed by atoms with van der Waals surface area (Å²) in [5.41, 5.74) is 0.429. The van der Waals surface area contributed by atoms with Crippen LogP contribution in [0.15, 0.2) is 29.2 Å². The number of hydrogen-bond donors (Lipinski definition) is 1. The molecule has 100 valence electrons. The Morgan fingerprint density at radius 1 is 1.22 bits per heavy atom. The molecule has 0 spiro atoms. The van der Waals surface area contributed by atoms with E-state index < -0.39 is 15.1 Å². The Hall–Kier alpha value is -1.14. The SMILES string of the molecule is O=C(CCCCCl)Nc1ccc(S(=O)(=O)F)cc1. The highest BCUT2D eigenvalue weighted by Gasteiger charge is 2.11. The summed E-state index contributed by atoms with van der Waals surface area (Å²) < 4.78 is 33.7. The monoisotopic (exact) mass is 293 g/mol. The van der Waals surface area contributed by atoms with Gasteiger partial charge < -0.3 is 5.32 Å². The molecule has 1 amide bonds. The highest BCUT2D eigenvalue weighted by molar-refractivity contribution is 7.86. The molecule has 0 aromatic heterocycles. The molecule has 0 saturated heterocycles. The van der Waals surface area contributed by atoms with Gasteiger partial charge in [-0.3, -0.25) is 4.79 Å². The van der Waals surface area contributed by atoms with Gasteiger partial charge in [0.1, 0.15) is 0 Å².